The van der Waals surface area contributed by atoms with Crippen molar-refractivity contribution < 1.29 is 9.63 Å². The molecule has 4 heteroatoms. The number of likely N-dealkylation sites (tertiary alicyclic amines) is 1. The van der Waals surface area contributed by atoms with Crippen molar-refractivity contribution in [2.24, 2.45) is 0 Å². The number of hydrogen-bond acceptors (Lipinski definition) is 3. The molecule has 1 heterocycles. The summed E-state index contributed by atoms with van der Waals surface area (Å²) in [5, 5.41) is 0. The molecular formula is C12H24N2O2. The summed E-state index contributed by atoms with van der Waals surface area (Å²) < 4.78 is 0. The molecule has 94 valence electrons. The quantitative estimate of drug-likeness (QED) is 0.533. The van der Waals surface area contributed by atoms with Gasteiger partial charge in [0.05, 0.1) is 6.61 Å². The van der Waals surface area contributed by atoms with E-state index in [-0.39, 0.29) is 5.91 Å². The molecule has 0 radical (unpaired) electrons. The van der Waals surface area contributed by atoms with Crippen LogP contribution in [0.4, 0.5) is 0 Å². The van der Waals surface area contributed by atoms with Crippen molar-refractivity contribution in [2.45, 2.75) is 45.4 Å². The average molecular weight is 228 g/mol. The third-order valence-electron chi connectivity index (χ3n) is 2.90. The Bertz CT molecular complexity index is 191. The van der Waals surface area contributed by atoms with E-state index in [9.17, 15) is 4.79 Å². The SMILES string of the molecule is CCCCC(=O)NOCCN1CCCCC1. The Kier molecular flexibility index (Phi) is 7.17. The van der Waals surface area contributed by atoms with Crippen molar-refractivity contribution in [1.82, 2.24) is 10.4 Å². The Morgan fingerprint density at radius 1 is 1.31 bits per heavy atom. The molecule has 1 N–H and O–H groups in total. The van der Waals surface area contributed by atoms with Crippen molar-refractivity contribution in [1.29, 1.82) is 0 Å². The van der Waals surface area contributed by atoms with Crippen LogP contribution in [0, 0.1) is 0 Å². The maximum Gasteiger partial charge on any atom is 0.243 e. The molecule has 0 bridgehead atoms. The van der Waals surface area contributed by atoms with Gasteiger partial charge in [0, 0.05) is 13.0 Å². The van der Waals surface area contributed by atoms with Crippen LogP contribution in [-0.4, -0.2) is 37.0 Å². The summed E-state index contributed by atoms with van der Waals surface area (Å²) in [4.78, 5) is 18.7. The molecule has 1 amide bonds. The third kappa shape index (κ3) is 6.08. The fraction of sp³-hybridized carbons (Fsp3) is 0.917. The summed E-state index contributed by atoms with van der Waals surface area (Å²) in [5.41, 5.74) is 2.49. The highest BCUT2D eigenvalue weighted by atomic mass is 16.6. The normalized spacial score (nSPS) is 17.3. The molecule has 0 spiro atoms. The molecule has 0 aromatic rings. The minimum Gasteiger partial charge on any atom is -0.301 e. The predicted octanol–water partition coefficient (Wildman–Crippen LogP) is 1.71. The number of carbonyl (C=O) groups is 1. The lowest BCUT2D eigenvalue weighted by atomic mass is 10.1. The van der Waals surface area contributed by atoms with Crippen LogP contribution in [0.25, 0.3) is 0 Å². The van der Waals surface area contributed by atoms with E-state index in [0.29, 0.717) is 13.0 Å². The van der Waals surface area contributed by atoms with Crippen LogP contribution in [-0.2, 0) is 9.63 Å². The first kappa shape index (κ1) is 13.5. The number of nitrogens with zero attached hydrogens (tertiary/aromatic N) is 1. The zero-order valence-electron chi connectivity index (χ0n) is 10.3. The van der Waals surface area contributed by atoms with Crippen molar-refractivity contribution >= 4 is 5.91 Å². The first-order valence-corrected chi connectivity index (χ1v) is 6.46. The molecule has 0 aliphatic carbocycles. The Morgan fingerprint density at radius 2 is 2.06 bits per heavy atom. The Balaban J connectivity index is 1.92. The number of rotatable bonds is 7. The number of nitrogens with one attached hydrogen (secondary N) is 1. The van der Waals surface area contributed by atoms with Gasteiger partial charge in [-0.05, 0) is 32.4 Å². The molecule has 0 aromatic carbocycles. The molecule has 1 saturated heterocycles. The number of hydroxylamine groups is 1. The number of piperidine rings is 1. The van der Waals surface area contributed by atoms with Gasteiger partial charge in [0.15, 0.2) is 0 Å². The first-order chi connectivity index (χ1) is 7.83. The van der Waals surface area contributed by atoms with Crippen LogP contribution < -0.4 is 5.48 Å². The van der Waals surface area contributed by atoms with E-state index in [4.69, 9.17) is 4.84 Å². The van der Waals surface area contributed by atoms with Gasteiger partial charge in [-0.3, -0.25) is 9.63 Å². The van der Waals surface area contributed by atoms with E-state index in [2.05, 4.69) is 17.3 Å². The Morgan fingerprint density at radius 3 is 2.75 bits per heavy atom. The summed E-state index contributed by atoms with van der Waals surface area (Å²) in [6.07, 6.45) is 6.49. The van der Waals surface area contributed by atoms with E-state index < -0.39 is 0 Å². The highest BCUT2D eigenvalue weighted by molar-refractivity contribution is 5.74. The zero-order chi connectivity index (χ0) is 11.6. The van der Waals surface area contributed by atoms with Gasteiger partial charge in [-0.2, -0.15) is 0 Å². The van der Waals surface area contributed by atoms with Gasteiger partial charge in [-0.1, -0.05) is 19.8 Å². The summed E-state index contributed by atoms with van der Waals surface area (Å²) >= 11 is 0. The predicted molar refractivity (Wildman–Crippen MR) is 63.9 cm³/mol. The minimum absolute atomic E-state index is 0.000458. The maximum atomic E-state index is 11.2. The van der Waals surface area contributed by atoms with Crippen molar-refractivity contribution in [3.63, 3.8) is 0 Å². The van der Waals surface area contributed by atoms with Crippen LogP contribution >= 0.6 is 0 Å². The smallest absolute Gasteiger partial charge is 0.243 e. The molecule has 4 nitrogen and oxygen atoms in total. The molecular weight excluding hydrogens is 204 g/mol. The summed E-state index contributed by atoms with van der Waals surface area (Å²) in [7, 11) is 0. The van der Waals surface area contributed by atoms with Gasteiger partial charge in [-0.15, -0.1) is 0 Å². The number of amides is 1. The Labute approximate surface area is 98.3 Å². The van der Waals surface area contributed by atoms with Gasteiger partial charge in [0.2, 0.25) is 5.91 Å². The van der Waals surface area contributed by atoms with Gasteiger partial charge in [0.25, 0.3) is 0 Å². The summed E-state index contributed by atoms with van der Waals surface area (Å²) in [6.45, 7) is 5.94. The molecule has 1 aliphatic heterocycles. The van der Waals surface area contributed by atoms with E-state index in [1.54, 1.807) is 0 Å². The largest absolute Gasteiger partial charge is 0.301 e. The third-order valence-corrected chi connectivity index (χ3v) is 2.90. The minimum atomic E-state index is 0.000458. The van der Waals surface area contributed by atoms with Crippen molar-refractivity contribution in [2.75, 3.05) is 26.2 Å². The lowest BCUT2D eigenvalue weighted by Gasteiger charge is -2.25. The zero-order valence-corrected chi connectivity index (χ0v) is 10.3. The molecule has 0 atom stereocenters. The highest BCUT2D eigenvalue weighted by Gasteiger charge is 2.09. The van der Waals surface area contributed by atoms with Crippen LogP contribution in [0.15, 0.2) is 0 Å². The lowest BCUT2D eigenvalue weighted by molar-refractivity contribution is -0.134. The van der Waals surface area contributed by atoms with E-state index in [0.717, 1.165) is 19.4 Å². The second kappa shape index (κ2) is 8.53. The van der Waals surface area contributed by atoms with Crippen LogP contribution in [0.5, 0.6) is 0 Å². The Hall–Kier alpha value is -0.610. The molecule has 0 saturated carbocycles. The van der Waals surface area contributed by atoms with Crippen molar-refractivity contribution in [3.8, 4) is 0 Å². The van der Waals surface area contributed by atoms with Gasteiger partial charge < -0.3 is 4.90 Å². The van der Waals surface area contributed by atoms with Gasteiger partial charge in [0.1, 0.15) is 0 Å². The molecule has 1 aliphatic rings. The number of carbonyl (C=O) groups excluding carboxylic acids is 1. The molecule has 16 heavy (non-hydrogen) atoms. The fourth-order valence-electron chi connectivity index (χ4n) is 1.88. The van der Waals surface area contributed by atoms with Gasteiger partial charge in [-0.25, -0.2) is 5.48 Å². The topological polar surface area (TPSA) is 41.6 Å². The standard InChI is InChI=1S/C12H24N2O2/c1-2-3-7-12(15)13-16-11-10-14-8-5-4-6-9-14/h2-11H2,1H3,(H,13,15). The van der Waals surface area contributed by atoms with E-state index in [1.165, 1.54) is 32.4 Å². The fourth-order valence-corrected chi connectivity index (χ4v) is 1.88. The van der Waals surface area contributed by atoms with Crippen LogP contribution in [0.1, 0.15) is 45.4 Å². The average Bonchev–Trinajstić information content (AvgIpc) is 2.33. The van der Waals surface area contributed by atoms with E-state index >= 15 is 0 Å². The van der Waals surface area contributed by atoms with Crippen LogP contribution in [0.2, 0.25) is 0 Å². The first-order valence-electron chi connectivity index (χ1n) is 6.46. The highest BCUT2D eigenvalue weighted by Crippen LogP contribution is 2.07. The summed E-state index contributed by atoms with van der Waals surface area (Å²) in [5.74, 6) is 0.000458. The molecule has 1 fully saturated rings. The second-order valence-electron chi connectivity index (χ2n) is 4.38. The summed E-state index contributed by atoms with van der Waals surface area (Å²) in [6, 6.07) is 0. The number of unbranched alkanes of at least 4 members (excludes halogenated alkanes) is 1. The second-order valence-corrected chi connectivity index (χ2v) is 4.38. The number of hydrogen-bond donors (Lipinski definition) is 1. The van der Waals surface area contributed by atoms with Crippen LogP contribution in [0.3, 0.4) is 0 Å². The molecule has 0 aromatic heterocycles. The van der Waals surface area contributed by atoms with Crippen molar-refractivity contribution in [3.05, 3.63) is 0 Å². The lowest BCUT2D eigenvalue weighted by Crippen LogP contribution is -2.34. The van der Waals surface area contributed by atoms with Gasteiger partial charge >= 0.3 is 0 Å². The monoisotopic (exact) mass is 228 g/mol. The van der Waals surface area contributed by atoms with E-state index in [1.807, 2.05) is 0 Å². The maximum absolute atomic E-state index is 11.2. The molecule has 1 rings (SSSR count). The molecule has 0 unspecified atom stereocenters.